The predicted molar refractivity (Wildman–Crippen MR) is 183 cm³/mol. The Morgan fingerprint density at radius 3 is 2.11 bits per heavy atom. The van der Waals surface area contributed by atoms with E-state index < -0.39 is 0 Å². The fraction of sp³-hybridized carbons (Fsp3) is 0.395. The molecule has 4 rings (SSSR count). The third kappa shape index (κ3) is 8.95. The maximum Gasteiger partial charge on any atom is 0.257 e. The zero-order valence-electron chi connectivity index (χ0n) is 27.2. The summed E-state index contributed by atoms with van der Waals surface area (Å²) in [6.07, 6.45) is 3.96. The number of carbonyl (C=O) groups is 1. The van der Waals surface area contributed by atoms with Gasteiger partial charge in [0.05, 0.1) is 5.25 Å². The maximum absolute atomic E-state index is 14.3. The van der Waals surface area contributed by atoms with E-state index in [1.54, 1.807) is 11.6 Å². The lowest BCUT2D eigenvalue weighted by Crippen LogP contribution is -2.39. The molecule has 1 atom stereocenters. The Bertz CT molecular complexity index is 1560. The average molecular weight is 610 g/mol. The van der Waals surface area contributed by atoms with Crippen molar-refractivity contribution in [1.82, 2.24) is 14.5 Å². The molecule has 0 aliphatic carbocycles. The quantitative estimate of drug-likeness (QED) is 0.114. The second kappa shape index (κ2) is 15.4. The van der Waals surface area contributed by atoms with E-state index in [0.717, 1.165) is 42.5 Å². The van der Waals surface area contributed by atoms with Crippen LogP contribution in [0.1, 0.15) is 80.5 Å². The van der Waals surface area contributed by atoms with Crippen LogP contribution in [-0.2, 0) is 36.6 Å². The normalized spacial score (nSPS) is 12.2. The minimum atomic E-state index is -0.331. The number of thioether (sulfide) groups is 1. The summed E-state index contributed by atoms with van der Waals surface area (Å²) in [6, 6.07) is 29.0. The highest BCUT2D eigenvalue weighted by Gasteiger charge is 2.27. The topological polar surface area (TPSA) is 55.2 Å². The summed E-state index contributed by atoms with van der Waals surface area (Å²) in [5, 5.41) is 0.263. The highest BCUT2D eigenvalue weighted by Crippen LogP contribution is 2.28. The number of benzene rings is 3. The molecule has 44 heavy (non-hydrogen) atoms. The third-order valence-electron chi connectivity index (χ3n) is 8.13. The lowest BCUT2D eigenvalue weighted by Gasteiger charge is -2.28. The zero-order valence-corrected chi connectivity index (χ0v) is 28.0. The Morgan fingerprint density at radius 1 is 0.909 bits per heavy atom. The summed E-state index contributed by atoms with van der Waals surface area (Å²) < 4.78 is 1.63. The van der Waals surface area contributed by atoms with Crippen molar-refractivity contribution < 1.29 is 4.79 Å². The van der Waals surface area contributed by atoms with Crippen LogP contribution in [0.25, 0.3) is 0 Å². The fourth-order valence-corrected chi connectivity index (χ4v) is 6.52. The van der Waals surface area contributed by atoms with Gasteiger partial charge in [0, 0.05) is 37.8 Å². The molecule has 232 valence electrons. The third-order valence-corrected chi connectivity index (χ3v) is 9.43. The molecule has 0 spiro atoms. The highest BCUT2D eigenvalue weighted by atomic mass is 32.2. The van der Waals surface area contributed by atoms with Gasteiger partial charge in [-0.15, -0.1) is 0 Å². The fourth-order valence-electron chi connectivity index (χ4n) is 5.30. The molecule has 0 fully saturated rings. The molecule has 1 heterocycles. The first kappa shape index (κ1) is 33.3. The number of amides is 1. The molecule has 3 aromatic carbocycles. The van der Waals surface area contributed by atoms with Crippen LogP contribution in [0.3, 0.4) is 0 Å². The van der Waals surface area contributed by atoms with Crippen LogP contribution in [0.5, 0.6) is 0 Å². The largest absolute Gasteiger partial charge is 0.337 e. The minimum absolute atomic E-state index is 0.0493. The summed E-state index contributed by atoms with van der Waals surface area (Å²) >= 11 is 1.43. The summed E-state index contributed by atoms with van der Waals surface area (Å²) in [7, 11) is 1.78. The van der Waals surface area contributed by atoms with Crippen molar-refractivity contribution in [3.8, 4) is 0 Å². The Morgan fingerprint density at radius 2 is 1.52 bits per heavy atom. The first-order chi connectivity index (χ1) is 21.1. The number of rotatable bonds is 13. The SMILES string of the molecule is CCCCC(Sc1nc(C)c(Cc2ccc(C(C)(C)C)cc2)c(=O)n1C)C(=O)N(CCc1ccccc1)Cc1ccccc1. The molecule has 0 aliphatic rings. The van der Waals surface area contributed by atoms with E-state index in [0.29, 0.717) is 30.2 Å². The number of hydrogen-bond acceptors (Lipinski definition) is 4. The molecule has 0 radical (unpaired) electrons. The van der Waals surface area contributed by atoms with E-state index in [1.165, 1.54) is 22.9 Å². The van der Waals surface area contributed by atoms with E-state index in [2.05, 4.69) is 76.2 Å². The molecule has 1 aromatic heterocycles. The smallest absolute Gasteiger partial charge is 0.257 e. The first-order valence-corrected chi connectivity index (χ1v) is 16.6. The van der Waals surface area contributed by atoms with Crippen LogP contribution >= 0.6 is 11.8 Å². The monoisotopic (exact) mass is 609 g/mol. The number of unbranched alkanes of at least 4 members (excludes halogenated alkanes) is 1. The number of nitrogens with zero attached hydrogens (tertiary/aromatic N) is 3. The van der Waals surface area contributed by atoms with Crippen LogP contribution in [0.4, 0.5) is 0 Å². The van der Waals surface area contributed by atoms with Crippen LogP contribution < -0.4 is 5.56 Å². The molecule has 0 N–H and O–H groups in total. The van der Waals surface area contributed by atoms with Crippen molar-refractivity contribution in [2.45, 2.75) is 89.1 Å². The zero-order chi connectivity index (χ0) is 31.7. The van der Waals surface area contributed by atoms with Gasteiger partial charge in [0.2, 0.25) is 5.91 Å². The van der Waals surface area contributed by atoms with Gasteiger partial charge in [-0.1, -0.05) is 137 Å². The number of aryl methyl sites for hydroxylation is 1. The van der Waals surface area contributed by atoms with E-state index in [1.807, 2.05) is 48.2 Å². The van der Waals surface area contributed by atoms with Gasteiger partial charge in [0.25, 0.3) is 5.56 Å². The van der Waals surface area contributed by atoms with Gasteiger partial charge >= 0.3 is 0 Å². The highest BCUT2D eigenvalue weighted by molar-refractivity contribution is 8.00. The van der Waals surface area contributed by atoms with Crippen LogP contribution in [0, 0.1) is 6.92 Å². The van der Waals surface area contributed by atoms with E-state index in [4.69, 9.17) is 4.98 Å². The summed E-state index contributed by atoms with van der Waals surface area (Å²) in [4.78, 5) is 34.8. The van der Waals surface area contributed by atoms with Gasteiger partial charge in [-0.05, 0) is 47.4 Å². The van der Waals surface area contributed by atoms with Gasteiger partial charge in [0.15, 0.2) is 5.16 Å². The Labute approximate surface area is 267 Å². The van der Waals surface area contributed by atoms with E-state index >= 15 is 0 Å². The molecule has 1 unspecified atom stereocenters. The van der Waals surface area contributed by atoms with Gasteiger partial charge < -0.3 is 4.90 Å². The van der Waals surface area contributed by atoms with E-state index in [9.17, 15) is 9.59 Å². The summed E-state index contributed by atoms with van der Waals surface area (Å²) in [6.45, 7) is 11.8. The van der Waals surface area contributed by atoms with Crippen molar-refractivity contribution in [2.75, 3.05) is 6.54 Å². The summed E-state index contributed by atoms with van der Waals surface area (Å²) in [5.74, 6) is 0.0955. The van der Waals surface area contributed by atoms with Crippen LogP contribution in [0.15, 0.2) is 94.9 Å². The minimum Gasteiger partial charge on any atom is -0.337 e. The molecule has 5 nitrogen and oxygen atoms in total. The standard InChI is InChI=1S/C38H47N3O2S/c1-7-8-19-34(36(43)41(27-31-17-13-10-14-18-31)25-24-29-15-11-9-12-16-29)44-37-39-28(2)33(35(42)40(37)6)26-30-20-22-32(23-21-30)38(3,4)5/h9-18,20-23,34H,7-8,19,24-27H2,1-6H3. The molecule has 0 saturated heterocycles. The molecule has 6 heteroatoms. The molecule has 0 saturated carbocycles. The Hall–Kier alpha value is -3.64. The number of carbonyl (C=O) groups excluding carboxylic acids is 1. The average Bonchev–Trinajstić information content (AvgIpc) is 3.02. The van der Waals surface area contributed by atoms with Crippen LogP contribution in [-0.4, -0.2) is 32.2 Å². The second-order valence-electron chi connectivity index (χ2n) is 12.7. The molecule has 0 bridgehead atoms. The van der Waals surface area contributed by atoms with Crippen molar-refractivity contribution in [3.05, 3.63) is 129 Å². The lowest BCUT2D eigenvalue weighted by atomic mass is 9.86. The number of hydrogen-bond donors (Lipinski definition) is 0. The Kier molecular flexibility index (Phi) is 11.6. The summed E-state index contributed by atoms with van der Waals surface area (Å²) in [5.41, 5.74) is 6.12. The molecule has 0 aliphatic heterocycles. The molecule has 4 aromatic rings. The maximum atomic E-state index is 14.3. The van der Waals surface area contributed by atoms with Gasteiger partial charge in [-0.3, -0.25) is 14.2 Å². The molecular weight excluding hydrogens is 563 g/mol. The van der Waals surface area contributed by atoms with E-state index in [-0.39, 0.29) is 22.1 Å². The first-order valence-electron chi connectivity index (χ1n) is 15.8. The van der Waals surface area contributed by atoms with Gasteiger partial charge in [-0.25, -0.2) is 4.98 Å². The predicted octanol–water partition coefficient (Wildman–Crippen LogP) is 7.90. The van der Waals surface area contributed by atoms with Gasteiger partial charge in [-0.2, -0.15) is 0 Å². The van der Waals surface area contributed by atoms with Gasteiger partial charge in [0.1, 0.15) is 0 Å². The Balaban J connectivity index is 1.58. The van der Waals surface area contributed by atoms with Crippen molar-refractivity contribution >= 4 is 17.7 Å². The van der Waals surface area contributed by atoms with Crippen molar-refractivity contribution in [1.29, 1.82) is 0 Å². The second-order valence-corrected chi connectivity index (χ2v) is 13.8. The lowest BCUT2D eigenvalue weighted by molar-refractivity contribution is -0.131. The van der Waals surface area contributed by atoms with Crippen molar-refractivity contribution in [3.63, 3.8) is 0 Å². The van der Waals surface area contributed by atoms with Crippen molar-refractivity contribution in [2.24, 2.45) is 7.05 Å². The number of aromatic nitrogens is 2. The molecular formula is C38H47N3O2S. The molecule has 1 amide bonds. The van der Waals surface area contributed by atoms with Crippen LogP contribution in [0.2, 0.25) is 0 Å².